The maximum absolute atomic E-state index is 12.6. The lowest BCUT2D eigenvalue weighted by molar-refractivity contribution is -0.148. The van der Waals surface area contributed by atoms with Gasteiger partial charge in [0.25, 0.3) is 0 Å². The van der Waals surface area contributed by atoms with Gasteiger partial charge in [-0.05, 0) is 25.7 Å². The molecule has 4 atom stereocenters. The topological polar surface area (TPSA) is 94.7 Å². The summed E-state index contributed by atoms with van der Waals surface area (Å²) in [5, 5.41) is 6.38. The van der Waals surface area contributed by atoms with E-state index in [1.807, 2.05) is 0 Å². The van der Waals surface area contributed by atoms with E-state index in [2.05, 4.69) is 26.4 Å². The maximum Gasteiger partial charge on any atom is 0.310 e. The van der Waals surface area contributed by atoms with Crippen molar-refractivity contribution in [1.29, 1.82) is 0 Å². The summed E-state index contributed by atoms with van der Waals surface area (Å²) in [4.78, 5) is 26.8. The molecular formula is C16H29N5O3. The lowest BCUT2D eigenvalue weighted by Crippen LogP contribution is -2.62. The average Bonchev–Trinajstić information content (AvgIpc) is 3.16. The van der Waals surface area contributed by atoms with Crippen LogP contribution in [0.2, 0.25) is 0 Å². The molecule has 4 N–H and O–H groups in total. The molecule has 24 heavy (non-hydrogen) atoms. The van der Waals surface area contributed by atoms with Crippen molar-refractivity contribution in [2.75, 3.05) is 26.9 Å². The second kappa shape index (κ2) is 8.24. The van der Waals surface area contributed by atoms with Crippen LogP contribution < -0.4 is 21.5 Å². The van der Waals surface area contributed by atoms with Crippen LogP contribution in [0.4, 0.5) is 0 Å². The van der Waals surface area contributed by atoms with Crippen LogP contribution in [0.5, 0.6) is 0 Å². The third-order valence-corrected chi connectivity index (χ3v) is 5.40. The predicted molar refractivity (Wildman–Crippen MR) is 88.6 cm³/mol. The van der Waals surface area contributed by atoms with Crippen LogP contribution in [0, 0.1) is 5.92 Å². The molecule has 0 radical (unpaired) electrons. The molecule has 8 heteroatoms. The van der Waals surface area contributed by atoms with Gasteiger partial charge < -0.3 is 15.4 Å². The van der Waals surface area contributed by atoms with E-state index in [1.54, 1.807) is 0 Å². The van der Waals surface area contributed by atoms with Gasteiger partial charge in [0.15, 0.2) is 0 Å². The number of methoxy groups -OCH3 is 1. The van der Waals surface area contributed by atoms with Crippen molar-refractivity contribution >= 4 is 11.9 Å². The molecule has 2 aliphatic heterocycles. The number of ether oxygens (including phenoxy) is 1. The number of esters is 1. The molecule has 8 nitrogen and oxygen atoms in total. The Morgan fingerprint density at radius 3 is 2.62 bits per heavy atom. The van der Waals surface area contributed by atoms with Gasteiger partial charge in [0.1, 0.15) is 6.04 Å². The first-order valence-corrected chi connectivity index (χ1v) is 9.03. The van der Waals surface area contributed by atoms with E-state index < -0.39 is 0 Å². The highest BCUT2D eigenvalue weighted by Gasteiger charge is 2.35. The predicted octanol–water partition coefficient (Wildman–Crippen LogP) is -0.720. The molecule has 2 saturated heterocycles. The molecule has 0 bridgehead atoms. The summed E-state index contributed by atoms with van der Waals surface area (Å²) in [5.41, 5.74) is 6.40. The van der Waals surface area contributed by atoms with E-state index in [9.17, 15) is 9.59 Å². The Kier molecular flexibility index (Phi) is 6.04. The molecule has 3 aliphatic rings. The summed E-state index contributed by atoms with van der Waals surface area (Å²) >= 11 is 0. The third kappa shape index (κ3) is 4.05. The first-order valence-electron chi connectivity index (χ1n) is 9.03. The summed E-state index contributed by atoms with van der Waals surface area (Å²) in [6, 6.07) is -0.363. The molecule has 0 aromatic rings. The molecule has 3 fully saturated rings. The summed E-state index contributed by atoms with van der Waals surface area (Å²) < 4.78 is 4.89. The van der Waals surface area contributed by atoms with Crippen molar-refractivity contribution < 1.29 is 14.3 Å². The third-order valence-electron chi connectivity index (χ3n) is 5.40. The minimum absolute atomic E-state index is 0.0266. The van der Waals surface area contributed by atoms with E-state index in [0.717, 1.165) is 58.3 Å². The summed E-state index contributed by atoms with van der Waals surface area (Å²) in [6.07, 6.45) is 5.67. The molecule has 0 spiro atoms. The Labute approximate surface area is 143 Å². The molecule has 4 unspecified atom stereocenters. The Hall–Kier alpha value is -1.22. The van der Waals surface area contributed by atoms with Gasteiger partial charge >= 0.3 is 5.97 Å². The van der Waals surface area contributed by atoms with Crippen molar-refractivity contribution in [2.24, 2.45) is 5.92 Å². The highest BCUT2D eigenvalue weighted by atomic mass is 16.5. The zero-order valence-corrected chi connectivity index (χ0v) is 14.3. The normalized spacial score (nSPS) is 34.7. The minimum atomic E-state index is -0.253. The number of hydrogen-bond acceptors (Lipinski definition) is 7. The van der Waals surface area contributed by atoms with E-state index in [-0.39, 0.29) is 36.0 Å². The van der Waals surface area contributed by atoms with Gasteiger partial charge in [0, 0.05) is 25.8 Å². The highest BCUT2D eigenvalue weighted by molar-refractivity contribution is 5.83. The Morgan fingerprint density at radius 2 is 1.96 bits per heavy atom. The zero-order valence-electron chi connectivity index (χ0n) is 14.3. The van der Waals surface area contributed by atoms with E-state index in [0.29, 0.717) is 0 Å². The van der Waals surface area contributed by atoms with Gasteiger partial charge in [-0.3, -0.25) is 14.5 Å². The summed E-state index contributed by atoms with van der Waals surface area (Å²) in [6.45, 7) is 2.93. The molecule has 136 valence electrons. The molecule has 0 aromatic heterocycles. The maximum atomic E-state index is 12.6. The summed E-state index contributed by atoms with van der Waals surface area (Å²) in [5.74, 6) is -0.453. The smallest absolute Gasteiger partial charge is 0.310 e. The Balaban J connectivity index is 1.48. The Bertz CT molecular complexity index is 447. The van der Waals surface area contributed by atoms with Crippen molar-refractivity contribution in [3.8, 4) is 0 Å². The monoisotopic (exact) mass is 339 g/mol. The van der Waals surface area contributed by atoms with Crippen molar-refractivity contribution in [3.63, 3.8) is 0 Å². The van der Waals surface area contributed by atoms with Gasteiger partial charge in [-0.1, -0.05) is 12.8 Å². The number of nitrogens with zero attached hydrogens (tertiary/aromatic N) is 1. The molecule has 1 aliphatic carbocycles. The van der Waals surface area contributed by atoms with Crippen LogP contribution in [0.25, 0.3) is 0 Å². The van der Waals surface area contributed by atoms with E-state index >= 15 is 0 Å². The van der Waals surface area contributed by atoms with Gasteiger partial charge in [-0.2, -0.15) is 0 Å². The van der Waals surface area contributed by atoms with Gasteiger partial charge in [-0.25, -0.2) is 10.9 Å². The number of hydrogen-bond donors (Lipinski definition) is 4. The van der Waals surface area contributed by atoms with Gasteiger partial charge in [0.2, 0.25) is 5.91 Å². The van der Waals surface area contributed by atoms with Gasteiger partial charge in [0.05, 0.1) is 19.2 Å². The van der Waals surface area contributed by atoms with Crippen molar-refractivity contribution in [2.45, 2.75) is 56.8 Å². The second-order valence-corrected chi connectivity index (χ2v) is 6.93. The van der Waals surface area contributed by atoms with E-state index in [1.165, 1.54) is 7.11 Å². The van der Waals surface area contributed by atoms with E-state index in [4.69, 9.17) is 4.74 Å². The summed E-state index contributed by atoms with van der Waals surface area (Å²) in [7, 11) is 1.41. The van der Waals surface area contributed by atoms with Crippen LogP contribution in [-0.4, -0.2) is 61.9 Å². The number of rotatable bonds is 4. The lowest BCUT2D eigenvalue weighted by atomic mass is 9.84. The first-order chi connectivity index (χ1) is 11.7. The quantitative estimate of drug-likeness (QED) is 0.502. The zero-order chi connectivity index (χ0) is 16.9. The van der Waals surface area contributed by atoms with Crippen molar-refractivity contribution in [1.82, 2.24) is 26.4 Å². The Morgan fingerprint density at radius 1 is 1.12 bits per heavy atom. The minimum Gasteiger partial charge on any atom is -0.469 e. The number of amides is 1. The fourth-order valence-electron chi connectivity index (χ4n) is 3.95. The standard InChI is InChI=1S/C16H29N5O3/c1-24-16(23)11-4-2-3-5-12(11)18-15(22)13-6-7-14(20-19-13)21-9-8-17-10-21/h11-14,17,19-20H,2-10H2,1H3,(H,18,22). The van der Waals surface area contributed by atoms with Crippen LogP contribution >= 0.6 is 0 Å². The van der Waals surface area contributed by atoms with Crippen LogP contribution in [-0.2, 0) is 14.3 Å². The lowest BCUT2D eigenvalue weighted by Gasteiger charge is -2.36. The second-order valence-electron chi connectivity index (χ2n) is 6.93. The number of hydrazine groups is 1. The molecule has 2 heterocycles. The van der Waals surface area contributed by atoms with Crippen LogP contribution in [0.15, 0.2) is 0 Å². The van der Waals surface area contributed by atoms with Gasteiger partial charge in [-0.15, -0.1) is 0 Å². The highest BCUT2D eigenvalue weighted by Crippen LogP contribution is 2.25. The number of carbonyl (C=O) groups is 2. The molecule has 3 rings (SSSR count). The average molecular weight is 339 g/mol. The molecular weight excluding hydrogens is 310 g/mol. The first kappa shape index (κ1) is 17.6. The molecule has 1 amide bonds. The van der Waals surface area contributed by atoms with Crippen LogP contribution in [0.1, 0.15) is 38.5 Å². The largest absolute Gasteiger partial charge is 0.469 e. The van der Waals surface area contributed by atoms with Crippen LogP contribution in [0.3, 0.4) is 0 Å². The SMILES string of the molecule is COC(=O)C1CCCCC1NC(=O)C1CCC(N2CCNC2)NN1. The molecule has 0 aromatic carbocycles. The van der Waals surface area contributed by atoms with Crippen molar-refractivity contribution in [3.05, 3.63) is 0 Å². The number of carbonyl (C=O) groups excluding carboxylic acids is 2. The fourth-order valence-corrected chi connectivity index (χ4v) is 3.95. The molecule has 1 saturated carbocycles. The fraction of sp³-hybridized carbons (Fsp3) is 0.875. The number of nitrogens with one attached hydrogen (secondary N) is 4.